The molecule has 5 nitrogen and oxygen atoms in total. The van der Waals surface area contributed by atoms with Gasteiger partial charge in [-0.2, -0.15) is 0 Å². The minimum Gasteiger partial charge on any atom is -0.480 e. The first kappa shape index (κ1) is 14.0. The molecule has 1 heterocycles. The Morgan fingerprint density at radius 1 is 1.47 bits per heavy atom. The third-order valence-electron chi connectivity index (χ3n) is 3.30. The number of piperidine rings is 1. The SMILES string of the molecule is CCC[C@@H](NC(=O)C1(C)CCCCN1)C(=O)O. The Morgan fingerprint density at radius 3 is 2.65 bits per heavy atom. The first-order valence-electron chi connectivity index (χ1n) is 6.28. The lowest BCUT2D eigenvalue weighted by atomic mass is 9.89. The fraction of sp³-hybridized carbons (Fsp3) is 0.833. The maximum atomic E-state index is 12.1. The maximum Gasteiger partial charge on any atom is 0.326 e. The molecule has 98 valence electrons. The minimum atomic E-state index is -0.959. The van der Waals surface area contributed by atoms with Gasteiger partial charge in [0.05, 0.1) is 5.54 Å². The predicted molar refractivity (Wildman–Crippen MR) is 64.7 cm³/mol. The molecule has 1 amide bonds. The summed E-state index contributed by atoms with van der Waals surface area (Å²) in [5.41, 5.74) is -0.611. The highest BCUT2D eigenvalue weighted by atomic mass is 16.4. The van der Waals surface area contributed by atoms with Crippen LogP contribution in [0, 0.1) is 0 Å². The second kappa shape index (κ2) is 6.00. The molecule has 1 aliphatic rings. The molecule has 1 unspecified atom stereocenters. The van der Waals surface area contributed by atoms with Crippen molar-refractivity contribution < 1.29 is 14.7 Å². The van der Waals surface area contributed by atoms with E-state index in [1.807, 2.05) is 13.8 Å². The quantitative estimate of drug-likeness (QED) is 0.669. The molecule has 0 aromatic carbocycles. The first-order chi connectivity index (χ1) is 7.99. The second-order valence-electron chi connectivity index (χ2n) is 4.87. The Kier molecular flexibility index (Phi) is 4.93. The highest BCUT2D eigenvalue weighted by Gasteiger charge is 2.36. The molecule has 2 atom stereocenters. The molecule has 0 aliphatic carbocycles. The molecule has 1 saturated heterocycles. The lowest BCUT2D eigenvalue weighted by Crippen LogP contribution is -2.59. The highest BCUT2D eigenvalue weighted by Crippen LogP contribution is 2.19. The van der Waals surface area contributed by atoms with Crippen LogP contribution in [0.4, 0.5) is 0 Å². The van der Waals surface area contributed by atoms with Crippen LogP contribution in [0.15, 0.2) is 0 Å². The van der Waals surface area contributed by atoms with Gasteiger partial charge in [-0.3, -0.25) is 4.79 Å². The number of carbonyl (C=O) groups is 2. The molecule has 17 heavy (non-hydrogen) atoms. The molecule has 1 aliphatic heterocycles. The van der Waals surface area contributed by atoms with E-state index in [9.17, 15) is 9.59 Å². The van der Waals surface area contributed by atoms with Crippen molar-refractivity contribution in [1.82, 2.24) is 10.6 Å². The zero-order chi connectivity index (χ0) is 12.9. The Balaban J connectivity index is 2.59. The molecule has 0 saturated carbocycles. The lowest BCUT2D eigenvalue weighted by Gasteiger charge is -2.34. The minimum absolute atomic E-state index is 0.196. The monoisotopic (exact) mass is 242 g/mol. The van der Waals surface area contributed by atoms with E-state index >= 15 is 0 Å². The molecule has 0 spiro atoms. The van der Waals surface area contributed by atoms with Crippen molar-refractivity contribution >= 4 is 11.9 Å². The number of carbonyl (C=O) groups excluding carboxylic acids is 1. The molecular weight excluding hydrogens is 220 g/mol. The Labute approximate surface area is 102 Å². The van der Waals surface area contributed by atoms with Crippen LogP contribution >= 0.6 is 0 Å². The van der Waals surface area contributed by atoms with Gasteiger partial charge in [-0.15, -0.1) is 0 Å². The summed E-state index contributed by atoms with van der Waals surface area (Å²) in [7, 11) is 0. The molecule has 0 bridgehead atoms. The Hall–Kier alpha value is -1.10. The zero-order valence-corrected chi connectivity index (χ0v) is 10.6. The average Bonchev–Trinajstić information content (AvgIpc) is 2.29. The summed E-state index contributed by atoms with van der Waals surface area (Å²) in [6, 6.07) is -0.770. The van der Waals surface area contributed by atoms with Gasteiger partial charge >= 0.3 is 5.97 Å². The van der Waals surface area contributed by atoms with Gasteiger partial charge in [0, 0.05) is 0 Å². The predicted octanol–water partition coefficient (Wildman–Crippen LogP) is 0.888. The van der Waals surface area contributed by atoms with Crippen LogP contribution < -0.4 is 10.6 Å². The van der Waals surface area contributed by atoms with Crippen LogP contribution in [0.1, 0.15) is 46.0 Å². The average molecular weight is 242 g/mol. The maximum absolute atomic E-state index is 12.1. The smallest absolute Gasteiger partial charge is 0.326 e. The van der Waals surface area contributed by atoms with E-state index in [0.717, 1.165) is 32.2 Å². The summed E-state index contributed by atoms with van der Waals surface area (Å²) in [6.45, 7) is 4.56. The van der Waals surface area contributed by atoms with Crippen molar-refractivity contribution in [3.05, 3.63) is 0 Å². The van der Waals surface area contributed by atoms with Crippen LogP contribution in [0.5, 0.6) is 0 Å². The highest BCUT2D eigenvalue weighted by molar-refractivity contribution is 5.89. The lowest BCUT2D eigenvalue weighted by molar-refractivity contribution is -0.143. The molecule has 1 fully saturated rings. The summed E-state index contributed by atoms with van der Waals surface area (Å²) in [5, 5.41) is 14.8. The Morgan fingerprint density at radius 2 is 2.18 bits per heavy atom. The summed E-state index contributed by atoms with van der Waals surface area (Å²) >= 11 is 0. The van der Waals surface area contributed by atoms with E-state index in [2.05, 4.69) is 10.6 Å². The number of hydrogen-bond acceptors (Lipinski definition) is 3. The van der Waals surface area contributed by atoms with Crippen LogP contribution in [0.3, 0.4) is 0 Å². The zero-order valence-electron chi connectivity index (χ0n) is 10.6. The fourth-order valence-corrected chi connectivity index (χ4v) is 2.11. The van der Waals surface area contributed by atoms with Crippen LogP contribution in [-0.2, 0) is 9.59 Å². The summed E-state index contributed by atoms with van der Waals surface area (Å²) in [6.07, 6.45) is 4.04. The van der Waals surface area contributed by atoms with Gasteiger partial charge in [0.25, 0.3) is 0 Å². The second-order valence-corrected chi connectivity index (χ2v) is 4.87. The number of rotatable bonds is 5. The fourth-order valence-electron chi connectivity index (χ4n) is 2.11. The normalized spacial score (nSPS) is 26.2. The molecular formula is C12H22N2O3. The largest absolute Gasteiger partial charge is 0.480 e. The van der Waals surface area contributed by atoms with Gasteiger partial charge < -0.3 is 15.7 Å². The van der Waals surface area contributed by atoms with Crippen LogP contribution in [-0.4, -0.2) is 35.1 Å². The number of nitrogens with one attached hydrogen (secondary N) is 2. The van der Waals surface area contributed by atoms with E-state index < -0.39 is 17.6 Å². The van der Waals surface area contributed by atoms with Crippen LogP contribution in [0.25, 0.3) is 0 Å². The van der Waals surface area contributed by atoms with Gasteiger partial charge in [-0.25, -0.2) is 4.79 Å². The number of amides is 1. The van der Waals surface area contributed by atoms with Gasteiger partial charge in [-0.05, 0) is 39.2 Å². The van der Waals surface area contributed by atoms with Crippen molar-refractivity contribution in [2.24, 2.45) is 0 Å². The van der Waals surface area contributed by atoms with E-state index in [-0.39, 0.29) is 5.91 Å². The van der Waals surface area contributed by atoms with Crippen molar-refractivity contribution in [1.29, 1.82) is 0 Å². The van der Waals surface area contributed by atoms with Gasteiger partial charge in [-0.1, -0.05) is 13.3 Å². The van der Waals surface area contributed by atoms with Gasteiger partial charge in [0.2, 0.25) is 5.91 Å². The first-order valence-corrected chi connectivity index (χ1v) is 6.28. The van der Waals surface area contributed by atoms with E-state index in [4.69, 9.17) is 5.11 Å². The third kappa shape index (κ3) is 3.70. The van der Waals surface area contributed by atoms with Gasteiger partial charge in [0.1, 0.15) is 6.04 Å². The molecule has 1 rings (SSSR count). The molecule has 5 heteroatoms. The topological polar surface area (TPSA) is 78.4 Å². The summed E-state index contributed by atoms with van der Waals surface area (Å²) < 4.78 is 0. The van der Waals surface area contributed by atoms with E-state index in [1.165, 1.54) is 0 Å². The third-order valence-corrected chi connectivity index (χ3v) is 3.30. The number of aliphatic carboxylic acids is 1. The van der Waals surface area contributed by atoms with E-state index in [0.29, 0.717) is 6.42 Å². The molecule has 0 radical (unpaired) electrons. The molecule has 0 aromatic rings. The summed E-state index contributed by atoms with van der Waals surface area (Å²) in [5.74, 6) is -1.15. The Bertz CT molecular complexity index is 285. The van der Waals surface area contributed by atoms with Gasteiger partial charge in [0.15, 0.2) is 0 Å². The number of carboxylic acids is 1. The number of carboxylic acid groups (broad SMARTS) is 1. The van der Waals surface area contributed by atoms with Crippen LogP contribution in [0.2, 0.25) is 0 Å². The van der Waals surface area contributed by atoms with Crippen molar-refractivity contribution in [2.75, 3.05) is 6.54 Å². The van der Waals surface area contributed by atoms with E-state index in [1.54, 1.807) is 0 Å². The standard InChI is InChI=1S/C12H22N2O3/c1-3-6-9(10(15)16)14-11(17)12(2)7-4-5-8-13-12/h9,13H,3-8H2,1-2H3,(H,14,17)(H,15,16)/t9-,12?/m1/s1. The molecule has 0 aromatic heterocycles. The molecule has 3 N–H and O–H groups in total. The van der Waals surface area contributed by atoms with Crippen molar-refractivity contribution in [3.63, 3.8) is 0 Å². The number of hydrogen-bond donors (Lipinski definition) is 3. The summed E-state index contributed by atoms with van der Waals surface area (Å²) in [4.78, 5) is 23.0. The van der Waals surface area contributed by atoms with Crippen molar-refractivity contribution in [2.45, 2.75) is 57.5 Å². The van der Waals surface area contributed by atoms with Crippen molar-refractivity contribution in [3.8, 4) is 0 Å².